The third-order valence-corrected chi connectivity index (χ3v) is 4.78. The van der Waals surface area contributed by atoms with E-state index in [0.717, 1.165) is 5.56 Å². The Kier molecular flexibility index (Phi) is 5.92. The summed E-state index contributed by atoms with van der Waals surface area (Å²) in [5.41, 5.74) is 1.50. The van der Waals surface area contributed by atoms with E-state index in [1.807, 2.05) is 26.8 Å². The van der Waals surface area contributed by atoms with Gasteiger partial charge in [-0.2, -0.15) is 0 Å². The van der Waals surface area contributed by atoms with Gasteiger partial charge in [0.25, 0.3) is 0 Å². The van der Waals surface area contributed by atoms with Crippen molar-refractivity contribution < 1.29 is 18.3 Å². The molecule has 0 bridgehead atoms. The molecule has 2 N–H and O–H groups in total. The standard InChI is InChI=1S/C15H25NO4S/c1-11-6-7-12(15(2,3)4)8-14(11)21(18,19)16-9-13(17)10-20-5/h6-8,13,16-17H,9-10H2,1-5H3. The lowest BCUT2D eigenvalue weighted by atomic mass is 9.87. The third kappa shape index (κ3) is 5.07. The van der Waals surface area contributed by atoms with E-state index in [1.165, 1.54) is 7.11 Å². The Hall–Kier alpha value is -0.950. The Morgan fingerprint density at radius 2 is 1.95 bits per heavy atom. The maximum Gasteiger partial charge on any atom is 0.240 e. The van der Waals surface area contributed by atoms with E-state index in [-0.39, 0.29) is 23.5 Å². The molecule has 1 rings (SSSR count). The summed E-state index contributed by atoms with van der Waals surface area (Å²) in [7, 11) is -2.20. The molecule has 1 aromatic carbocycles. The number of hydrogen-bond donors (Lipinski definition) is 2. The lowest BCUT2D eigenvalue weighted by molar-refractivity contribution is 0.0679. The summed E-state index contributed by atoms with van der Waals surface area (Å²) in [4.78, 5) is 0.250. The van der Waals surface area contributed by atoms with Crippen molar-refractivity contribution in [1.82, 2.24) is 4.72 Å². The topological polar surface area (TPSA) is 75.6 Å². The molecule has 6 heteroatoms. The fourth-order valence-corrected chi connectivity index (χ4v) is 3.23. The van der Waals surface area contributed by atoms with Gasteiger partial charge in [-0.1, -0.05) is 32.9 Å². The summed E-state index contributed by atoms with van der Waals surface area (Å²) >= 11 is 0. The minimum Gasteiger partial charge on any atom is -0.389 e. The van der Waals surface area contributed by atoms with E-state index >= 15 is 0 Å². The van der Waals surface area contributed by atoms with Gasteiger partial charge in [0, 0.05) is 13.7 Å². The van der Waals surface area contributed by atoms with Crippen molar-refractivity contribution >= 4 is 10.0 Å². The van der Waals surface area contributed by atoms with E-state index in [9.17, 15) is 13.5 Å². The average molecular weight is 315 g/mol. The van der Waals surface area contributed by atoms with Crippen molar-refractivity contribution in [3.63, 3.8) is 0 Å². The number of hydrogen-bond acceptors (Lipinski definition) is 4. The first-order chi connectivity index (χ1) is 9.58. The van der Waals surface area contributed by atoms with Crippen LogP contribution in [-0.4, -0.2) is 39.9 Å². The summed E-state index contributed by atoms with van der Waals surface area (Å²) in [5.74, 6) is 0. The minimum absolute atomic E-state index is 0.0740. The van der Waals surface area contributed by atoms with Crippen LogP contribution in [0.3, 0.4) is 0 Å². The number of ether oxygens (including phenoxy) is 1. The van der Waals surface area contributed by atoms with Gasteiger partial charge in [0.05, 0.1) is 17.6 Å². The Bertz CT molecular complexity index is 576. The van der Waals surface area contributed by atoms with Crippen molar-refractivity contribution in [2.45, 2.75) is 44.1 Å². The number of benzene rings is 1. The van der Waals surface area contributed by atoms with Crippen molar-refractivity contribution in [2.24, 2.45) is 0 Å². The summed E-state index contributed by atoms with van der Waals surface area (Å²) in [6.45, 7) is 7.86. The fourth-order valence-electron chi connectivity index (χ4n) is 1.89. The molecule has 120 valence electrons. The molecule has 0 radical (unpaired) electrons. The number of aryl methyl sites for hydroxylation is 1. The highest BCUT2D eigenvalue weighted by atomic mass is 32.2. The van der Waals surface area contributed by atoms with Crippen LogP contribution in [0.25, 0.3) is 0 Å². The molecule has 0 aliphatic rings. The third-order valence-electron chi connectivity index (χ3n) is 3.21. The second kappa shape index (κ2) is 6.87. The predicted octanol–water partition coefficient (Wildman–Crippen LogP) is 1.58. The van der Waals surface area contributed by atoms with Crippen LogP contribution < -0.4 is 4.72 Å². The van der Waals surface area contributed by atoms with Gasteiger partial charge in [0.15, 0.2) is 0 Å². The average Bonchev–Trinajstić information content (AvgIpc) is 2.36. The lowest BCUT2D eigenvalue weighted by Gasteiger charge is -2.21. The number of sulfonamides is 1. The lowest BCUT2D eigenvalue weighted by Crippen LogP contribution is -2.34. The highest BCUT2D eigenvalue weighted by molar-refractivity contribution is 7.89. The van der Waals surface area contributed by atoms with E-state index in [1.54, 1.807) is 19.1 Å². The van der Waals surface area contributed by atoms with Crippen LogP contribution in [0.5, 0.6) is 0 Å². The summed E-state index contributed by atoms with van der Waals surface area (Å²) in [6.07, 6.45) is -0.865. The molecule has 0 fully saturated rings. The number of nitrogens with one attached hydrogen (secondary N) is 1. The molecule has 0 spiro atoms. The highest BCUT2D eigenvalue weighted by Crippen LogP contribution is 2.26. The smallest absolute Gasteiger partial charge is 0.240 e. The molecule has 0 aliphatic heterocycles. The molecule has 0 saturated heterocycles. The number of methoxy groups -OCH3 is 1. The van der Waals surface area contributed by atoms with Gasteiger partial charge in [-0.15, -0.1) is 0 Å². The second-order valence-electron chi connectivity index (χ2n) is 6.19. The Labute approximate surface area is 127 Å². The Balaban J connectivity index is 3.02. The van der Waals surface area contributed by atoms with Crippen LogP contribution in [0.2, 0.25) is 0 Å². The predicted molar refractivity (Wildman–Crippen MR) is 83.0 cm³/mol. The molecule has 0 heterocycles. The Morgan fingerprint density at radius 1 is 1.33 bits per heavy atom. The number of aliphatic hydroxyl groups excluding tert-OH is 1. The van der Waals surface area contributed by atoms with Gasteiger partial charge in [-0.25, -0.2) is 13.1 Å². The van der Waals surface area contributed by atoms with Gasteiger partial charge in [-0.05, 0) is 29.5 Å². The molecular formula is C15H25NO4S. The Morgan fingerprint density at radius 3 is 2.48 bits per heavy atom. The normalized spacial score (nSPS) is 14.2. The second-order valence-corrected chi connectivity index (χ2v) is 7.93. The molecule has 1 aromatic rings. The van der Waals surface area contributed by atoms with Crippen LogP contribution >= 0.6 is 0 Å². The van der Waals surface area contributed by atoms with Gasteiger partial charge in [0.1, 0.15) is 0 Å². The fraction of sp³-hybridized carbons (Fsp3) is 0.600. The first-order valence-corrected chi connectivity index (χ1v) is 8.34. The highest BCUT2D eigenvalue weighted by Gasteiger charge is 2.22. The molecule has 0 saturated carbocycles. The van der Waals surface area contributed by atoms with Crippen molar-refractivity contribution in [3.05, 3.63) is 29.3 Å². The largest absolute Gasteiger partial charge is 0.389 e. The summed E-state index contributed by atoms with van der Waals surface area (Å²) < 4.78 is 32.0. The van der Waals surface area contributed by atoms with Gasteiger partial charge in [-0.3, -0.25) is 0 Å². The number of rotatable bonds is 6. The van der Waals surface area contributed by atoms with Crippen molar-refractivity contribution in [3.8, 4) is 0 Å². The number of aliphatic hydroxyl groups is 1. The first kappa shape index (κ1) is 18.1. The van der Waals surface area contributed by atoms with Crippen LogP contribution in [0.1, 0.15) is 31.9 Å². The zero-order chi connectivity index (χ0) is 16.3. The van der Waals surface area contributed by atoms with Gasteiger partial charge >= 0.3 is 0 Å². The zero-order valence-electron chi connectivity index (χ0n) is 13.3. The summed E-state index contributed by atoms with van der Waals surface area (Å²) in [6, 6.07) is 5.44. The van der Waals surface area contributed by atoms with Crippen molar-refractivity contribution in [1.29, 1.82) is 0 Å². The van der Waals surface area contributed by atoms with Gasteiger partial charge in [0.2, 0.25) is 10.0 Å². The van der Waals surface area contributed by atoms with E-state index in [0.29, 0.717) is 5.56 Å². The molecule has 0 amide bonds. The van der Waals surface area contributed by atoms with E-state index < -0.39 is 16.1 Å². The van der Waals surface area contributed by atoms with E-state index in [4.69, 9.17) is 4.74 Å². The minimum atomic E-state index is -3.65. The maximum atomic E-state index is 12.4. The summed E-state index contributed by atoms with van der Waals surface area (Å²) in [5, 5.41) is 9.56. The van der Waals surface area contributed by atoms with Crippen LogP contribution in [0, 0.1) is 6.92 Å². The van der Waals surface area contributed by atoms with E-state index in [2.05, 4.69) is 4.72 Å². The van der Waals surface area contributed by atoms with Crippen molar-refractivity contribution in [2.75, 3.05) is 20.3 Å². The molecule has 5 nitrogen and oxygen atoms in total. The van der Waals surface area contributed by atoms with Gasteiger partial charge < -0.3 is 9.84 Å². The molecular weight excluding hydrogens is 290 g/mol. The molecule has 21 heavy (non-hydrogen) atoms. The monoisotopic (exact) mass is 315 g/mol. The van der Waals surface area contributed by atoms with Crippen LogP contribution in [0.15, 0.2) is 23.1 Å². The van der Waals surface area contributed by atoms with Crippen LogP contribution in [0.4, 0.5) is 0 Å². The zero-order valence-corrected chi connectivity index (χ0v) is 14.1. The molecule has 0 aromatic heterocycles. The molecule has 1 unspecified atom stereocenters. The van der Waals surface area contributed by atoms with Crippen LogP contribution in [-0.2, 0) is 20.2 Å². The maximum absolute atomic E-state index is 12.4. The molecule has 0 aliphatic carbocycles. The quantitative estimate of drug-likeness (QED) is 0.836. The first-order valence-electron chi connectivity index (χ1n) is 6.85. The molecule has 1 atom stereocenters. The SMILES string of the molecule is COCC(O)CNS(=O)(=O)c1cc(C(C)(C)C)ccc1C.